The Labute approximate surface area is 190 Å². The molecular weight excluding hydrogens is 403 g/mol. The smallest absolute Gasteiger partial charge is 0.127 e. The number of hydrogen-bond acceptors (Lipinski definition) is 4. The van der Waals surface area contributed by atoms with Gasteiger partial charge in [-0.2, -0.15) is 0 Å². The summed E-state index contributed by atoms with van der Waals surface area (Å²) in [5.41, 5.74) is 5.85. The Balaban J connectivity index is 1.44. The lowest BCUT2D eigenvalue weighted by Crippen LogP contribution is -2.36. The molecule has 0 aliphatic carbocycles. The van der Waals surface area contributed by atoms with Gasteiger partial charge in [-0.3, -0.25) is 9.88 Å². The van der Waals surface area contributed by atoms with E-state index in [-0.39, 0.29) is 5.82 Å². The molecule has 1 saturated heterocycles. The summed E-state index contributed by atoms with van der Waals surface area (Å²) in [6.07, 6.45) is 5.00. The molecule has 1 fully saturated rings. The van der Waals surface area contributed by atoms with Gasteiger partial charge in [-0.1, -0.05) is 12.1 Å². The van der Waals surface area contributed by atoms with Crippen molar-refractivity contribution in [3.63, 3.8) is 0 Å². The van der Waals surface area contributed by atoms with Crippen molar-refractivity contribution in [1.82, 2.24) is 9.88 Å². The Kier molecular flexibility index (Phi) is 7.51. The second-order valence-electron chi connectivity index (χ2n) is 8.97. The molecule has 1 aliphatic heterocycles. The first-order valence-electron chi connectivity index (χ1n) is 11.7. The van der Waals surface area contributed by atoms with Crippen molar-refractivity contribution in [3.05, 3.63) is 65.1 Å². The van der Waals surface area contributed by atoms with Gasteiger partial charge in [0.25, 0.3) is 0 Å². The highest BCUT2D eigenvalue weighted by atomic mass is 19.1. The van der Waals surface area contributed by atoms with Gasteiger partial charge in [0, 0.05) is 36.7 Å². The van der Waals surface area contributed by atoms with Crippen LogP contribution in [0.25, 0.3) is 22.0 Å². The Morgan fingerprint density at radius 3 is 2.62 bits per heavy atom. The van der Waals surface area contributed by atoms with E-state index in [1.807, 2.05) is 12.3 Å². The quantitative estimate of drug-likeness (QED) is 0.509. The highest BCUT2D eigenvalue weighted by molar-refractivity contribution is 5.85. The van der Waals surface area contributed by atoms with Crippen molar-refractivity contribution in [3.8, 4) is 11.1 Å². The van der Waals surface area contributed by atoms with Gasteiger partial charge in [-0.15, -0.1) is 0 Å². The summed E-state index contributed by atoms with van der Waals surface area (Å²) in [4.78, 5) is 7.16. The van der Waals surface area contributed by atoms with Crippen LogP contribution in [0.1, 0.15) is 36.5 Å². The lowest BCUT2D eigenvalue weighted by Gasteiger charge is -2.26. The third-order valence-corrected chi connectivity index (χ3v) is 6.31. The zero-order valence-electron chi connectivity index (χ0n) is 19.1. The molecule has 5 heteroatoms. The van der Waals surface area contributed by atoms with Crippen molar-refractivity contribution < 1.29 is 14.2 Å². The van der Waals surface area contributed by atoms with Crippen LogP contribution in [-0.2, 0) is 17.6 Å². The number of unbranched alkanes of at least 4 members (excludes halogenated alkanes) is 1. The van der Waals surface area contributed by atoms with E-state index < -0.39 is 6.10 Å². The Morgan fingerprint density at radius 2 is 1.88 bits per heavy atom. The lowest BCUT2D eigenvalue weighted by atomic mass is 9.97. The molecule has 0 spiro atoms. The average Bonchev–Trinajstić information content (AvgIpc) is 2.78. The maximum atomic E-state index is 14.5. The number of halogens is 1. The fourth-order valence-electron chi connectivity index (χ4n) is 4.45. The molecule has 2 aromatic carbocycles. The first-order valence-corrected chi connectivity index (χ1v) is 11.7. The second-order valence-corrected chi connectivity index (χ2v) is 8.97. The largest absolute Gasteiger partial charge is 0.393 e. The van der Waals surface area contributed by atoms with Crippen LogP contribution in [0.2, 0.25) is 0 Å². The minimum Gasteiger partial charge on any atom is -0.393 e. The van der Waals surface area contributed by atoms with Gasteiger partial charge in [-0.25, -0.2) is 4.39 Å². The summed E-state index contributed by atoms with van der Waals surface area (Å²) in [5.74, 6) is -0.285. The van der Waals surface area contributed by atoms with Gasteiger partial charge in [0.15, 0.2) is 0 Å². The van der Waals surface area contributed by atoms with Gasteiger partial charge in [0.05, 0.1) is 24.8 Å². The monoisotopic (exact) mass is 436 g/mol. The van der Waals surface area contributed by atoms with E-state index in [0.29, 0.717) is 12.0 Å². The standard InChI is InChI=1S/C27H33FN2O2/c1-19-13-24-15-25(22-6-7-23(14-20(2)31)26(28)16-22)18-29-27(24)17-21(19)5-3-4-8-30-9-11-32-12-10-30/h6-7,13,15-18,20,31H,3-5,8-12,14H2,1-2H3. The number of aliphatic hydroxyl groups excluding tert-OH is 1. The maximum Gasteiger partial charge on any atom is 0.127 e. The van der Waals surface area contributed by atoms with Crippen LogP contribution >= 0.6 is 0 Å². The molecule has 0 bridgehead atoms. The molecule has 1 atom stereocenters. The van der Waals surface area contributed by atoms with Gasteiger partial charge in [-0.05, 0) is 86.2 Å². The third kappa shape index (κ3) is 5.71. The number of rotatable bonds is 8. The topological polar surface area (TPSA) is 45.6 Å². The number of pyridine rings is 1. The number of ether oxygens (including phenoxy) is 1. The van der Waals surface area contributed by atoms with Gasteiger partial charge in [0.2, 0.25) is 0 Å². The summed E-state index contributed by atoms with van der Waals surface area (Å²) in [6, 6.07) is 11.7. The normalized spacial score (nSPS) is 15.9. The van der Waals surface area contributed by atoms with Crippen LogP contribution in [0, 0.1) is 12.7 Å². The summed E-state index contributed by atoms with van der Waals surface area (Å²) in [5, 5.41) is 10.6. The number of hydrogen-bond donors (Lipinski definition) is 1. The SMILES string of the molecule is Cc1cc2cc(-c3ccc(CC(C)O)c(F)c3)cnc2cc1CCCCN1CCOCC1. The summed E-state index contributed by atoms with van der Waals surface area (Å²) in [7, 11) is 0. The molecule has 1 aliphatic rings. The van der Waals surface area contributed by atoms with Crippen LogP contribution in [0.4, 0.5) is 4.39 Å². The molecular formula is C27H33FN2O2. The molecule has 0 radical (unpaired) electrons. The summed E-state index contributed by atoms with van der Waals surface area (Å²) < 4.78 is 19.9. The third-order valence-electron chi connectivity index (χ3n) is 6.31. The van der Waals surface area contributed by atoms with E-state index in [1.54, 1.807) is 13.0 Å². The van der Waals surface area contributed by atoms with Crippen molar-refractivity contribution in [2.45, 2.75) is 45.6 Å². The molecule has 4 rings (SSSR count). The van der Waals surface area contributed by atoms with Crippen molar-refractivity contribution in [2.24, 2.45) is 0 Å². The van der Waals surface area contributed by atoms with Gasteiger partial charge >= 0.3 is 0 Å². The molecule has 2 heterocycles. The number of aromatic nitrogens is 1. The molecule has 1 unspecified atom stereocenters. The predicted octanol–water partition coefficient (Wildman–Crippen LogP) is 4.93. The van der Waals surface area contributed by atoms with Crippen LogP contribution in [0.15, 0.2) is 42.6 Å². The summed E-state index contributed by atoms with van der Waals surface area (Å²) in [6.45, 7) is 8.79. The van der Waals surface area contributed by atoms with Crippen LogP contribution < -0.4 is 0 Å². The van der Waals surface area contributed by atoms with Gasteiger partial charge in [0.1, 0.15) is 5.82 Å². The number of benzene rings is 2. The number of fused-ring (bicyclic) bond motifs is 1. The first kappa shape index (κ1) is 22.8. The molecule has 0 amide bonds. The molecule has 0 saturated carbocycles. The Bertz CT molecular complexity index is 1060. The van der Waals surface area contributed by atoms with Gasteiger partial charge < -0.3 is 9.84 Å². The van der Waals surface area contributed by atoms with E-state index in [1.165, 1.54) is 30.0 Å². The summed E-state index contributed by atoms with van der Waals surface area (Å²) >= 11 is 0. The minimum atomic E-state index is -0.561. The maximum absolute atomic E-state index is 14.5. The molecule has 170 valence electrons. The van der Waals surface area contributed by atoms with Crippen molar-refractivity contribution >= 4 is 10.9 Å². The predicted molar refractivity (Wildman–Crippen MR) is 127 cm³/mol. The van der Waals surface area contributed by atoms with Crippen LogP contribution in [0.3, 0.4) is 0 Å². The van der Waals surface area contributed by atoms with E-state index in [4.69, 9.17) is 4.74 Å². The Hall–Kier alpha value is -2.34. The van der Waals surface area contributed by atoms with Crippen molar-refractivity contribution in [1.29, 1.82) is 0 Å². The molecule has 1 N–H and O–H groups in total. The number of nitrogens with zero attached hydrogens (tertiary/aromatic N) is 2. The first-order chi connectivity index (χ1) is 15.5. The number of aryl methyl sites for hydroxylation is 2. The lowest BCUT2D eigenvalue weighted by molar-refractivity contribution is 0.0372. The average molecular weight is 437 g/mol. The molecule has 1 aromatic heterocycles. The molecule has 3 aromatic rings. The Morgan fingerprint density at radius 1 is 1.06 bits per heavy atom. The van der Waals surface area contributed by atoms with Crippen LogP contribution in [-0.4, -0.2) is 53.9 Å². The zero-order valence-corrected chi connectivity index (χ0v) is 19.1. The second kappa shape index (κ2) is 10.5. The molecule has 32 heavy (non-hydrogen) atoms. The van der Waals surface area contributed by atoms with E-state index >= 15 is 0 Å². The molecule has 4 nitrogen and oxygen atoms in total. The van der Waals surface area contributed by atoms with Crippen LogP contribution in [0.5, 0.6) is 0 Å². The highest BCUT2D eigenvalue weighted by Gasteiger charge is 2.11. The number of aliphatic hydroxyl groups is 1. The highest BCUT2D eigenvalue weighted by Crippen LogP contribution is 2.27. The van der Waals surface area contributed by atoms with E-state index in [0.717, 1.165) is 61.3 Å². The minimum absolute atomic E-state index is 0.285. The fraction of sp³-hybridized carbons (Fsp3) is 0.444. The van der Waals surface area contributed by atoms with E-state index in [2.05, 4.69) is 35.0 Å². The number of morpholine rings is 1. The van der Waals surface area contributed by atoms with E-state index in [9.17, 15) is 9.50 Å². The van der Waals surface area contributed by atoms with Crippen molar-refractivity contribution in [2.75, 3.05) is 32.8 Å². The zero-order chi connectivity index (χ0) is 22.5. The fourth-order valence-corrected chi connectivity index (χ4v) is 4.45.